The summed E-state index contributed by atoms with van der Waals surface area (Å²) in [7, 11) is 6.03. The molecule has 196 valence electrons. The molecule has 0 aliphatic heterocycles. The molecule has 0 rings (SSSR count). The second-order valence-corrected chi connectivity index (χ2v) is 9.97. The molecule has 0 aromatic rings. The van der Waals surface area contributed by atoms with E-state index in [0.29, 0.717) is 0 Å². The molecule has 0 atom stereocenters. The molecule has 0 aromatic carbocycles. The van der Waals surface area contributed by atoms with Crippen molar-refractivity contribution in [1.29, 1.82) is 0 Å². The van der Waals surface area contributed by atoms with Crippen molar-refractivity contribution in [2.45, 2.75) is 118 Å². The van der Waals surface area contributed by atoms with Crippen LogP contribution in [0, 0.1) is 0 Å². The highest BCUT2D eigenvalue weighted by Crippen LogP contribution is 2.13. The zero-order valence-corrected chi connectivity index (χ0v) is 23.7. The van der Waals surface area contributed by atoms with E-state index in [1.165, 1.54) is 14.2 Å². The predicted octanol–water partition coefficient (Wildman–Crippen LogP) is 6.78. The summed E-state index contributed by atoms with van der Waals surface area (Å²) in [6.07, 6.45) is 0.598. The minimum atomic E-state index is -0.637. The van der Waals surface area contributed by atoms with Gasteiger partial charge in [0, 0.05) is 14.2 Å². The average Bonchev–Trinajstić information content (AvgIpc) is 2.67. The van der Waals surface area contributed by atoms with Crippen LogP contribution in [0.15, 0.2) is 0 Å². The molecule has 0 aliphatic carbocycles. The van der Waals surface area contributed by atoms with Crippen molar-refractivity contribution in [2.24, 2.45) is 0 Å². The molecule has 0 spiro atoms. The van der Waals surface area contributed by atoms with Crippen LogP contribution in [0.1, 0.15) is 95.9 Å². The van der Waals surface area contributed by atoms with Crippen molar-refractivity contribution < 1.29 is 38.0 Å². The lowest BCUT2D eigenvalue weighted by Crippen LogP contribution is -2.26. The maximum atomic E-state index is 10.5. The minimum Gasteiger partial charge on any atom is -0.438 e. The van der Waals surface area contributed by atoms with Crippen LogP contribution in [0.3, 0.4) is 0 Å². The molecular formula is C24H52O8. The second-order valence-electron chi connectivity index (χ2n) is 9.97. The lowest BCUT2D eigenvalue weighted by molar-refractivity contribution is -0.00868. The Balaban J connectivity index is -0.000000166. The van der Waals surface area contributed by atoms with Gasteiger partial charge in [-0.25, -0.2) is 9.59 Å². The zero-order valence-electron chi connectivity index (χ0n) is 23.7. The Morgan fingerprint density at radius 3 is 0.969 bits per heavy atom. The SMILES string of the molecule is CCC(C)(C)OC.CCC(C)(C)OC(=O)OC.COC(=O)OC(C)(C)C.COC(C)(C)C. The van der Waals surface area contributed by atoms with Gasteiger partial charge in [-0.15, -0.1) is 0 Å². The van der Waals surface area contributed by atoms with E-state index < -0.39 is 23.5 Å². The first-order valence-electron chi connectivity index (χ1n) is 10.8. The Labute approximate surface area is 197 Å². The Hall–Kier alpha value is -1.54. The van der Waals surface area contributed by atoms with Crippen LogP contribution in [-0.4, -0.2) is 63.2 Å². The Kier molecular flexibility index (Phi) is 21.2. The molecule has 0 fully saturated rings. The topological polar surface area (TPSA) is 89.5 Å². The lowest BCUT2D eigenvalue weighted by Gasteiger charge is -2.21. The highest BCUT2D eigenvalue weighted by Gasteiger charge is 2.20. The summed E-state index contributed by atoms with van der Waals surface area (Å²) in [5.74, 6) is 0. The van der Waals surface area contributed by atoms with Gasteiger partial charge in [0.25, 0.3) is 0 Å². The fourth-order valence-corrected chi connectivity index (χ4v) is 0.775. The van der Waals surface area contributed by atoms with E-state index in [4.69, 9.17) is 18.9 Å². The van der Waals surface area contributed by atoms with Crippen LogP contribution in [0.2, 0.25) is 0 Å². The maximum absolute atomic E-state index is 10.5. The molecule has 0 bridgehead atoms. The smallest absolute Gasteiger partial charge is 0.438 e. The number of hydrogen-bond donors (Lipinski definition) is 0. The van der Waals surface area contributed by atoms with Gasteiger partial charge in [0.2, 0.25) is 0 Å². The van der Waals surface area contributed by atoms with Gasteiger partial charge in [-0.3, -0.25) is 0 Å². The second kappa shape index (κ2) is 18.0. The van der Waals surface area contributed by atoms with E-state index in [-0.39, 0.29) is 11.2 Å². The number of ether oxygens (including phenoxy) is 6. The molecule has 0 heterocycles. The van der Waals surface area contributed by atoms with Crippen molar-refractivity contribution in [3.63, 3.8) is 0 Å². The number of carbonyl (C=O) groups is 2. The Morgan fingerprint density at radius 1 is 0.531 bits per heavy atom. The minimum absolute atomic E-state index is 0.0417. The number of methoxy groups -OCH3 is 4. The van der Waals surface area contributed by atoms with E-state index in [1.807, 2.05) is 41.5 Å². The predicted molar refractivity (Wildman–Crippen MR) is 129 cm³/mol. The normalized spacial score (nSPS) is 11.2. The standard InChI is InChI=1S/C7H14O3.C6H12O3.C6H14O.C5H12O/c1-5-7(2,3)10-6(8)9-4;1-6(2,3)9-5(7)8-4;1-5-6(2,3)7-4;1-5(2,3)6-4/h5H2,1-4H3;1-4H3;5H2,1-4H3;1-4H3. The third kappa shape index (κ3) is 35.9. The van der Waals surface area contributed by atoms with Crippen LogP contribution in [0.25, 0.3) is 0 Å². The molecule has 0 amide bonds. The van der Waals surface area contributed by atoms with Gasteiger partial charge < -0.3 is 28.4 Å². The van der Waals surface area contributed by atoms with Crippen molar-refractivity contribution >= 4 is 12.3 Å². The van der Waals surface area contributed by atoms with Crippen molar-refractivity contribution in [3.05, 3.63) is 0 Å². The third-order valence-electron chi connectivity index (χ3n) is 3.95. The molecule has 8 nitrogen and oxygen atoms in total. The van der Waals surface area contributed by atoms with Gasteiger partial charge >= 0.3 is 12.3 Å². The van der Waals surface area contributed by atoms with Crippen LogP contribution in [0.5, 0.6) is 0 Å². The molecule has 0 aliphatic rings. The summed E-state index contributed by atoms with van der Waals surface area (Å²) in [6.45, 7) is 23.3. The van der Waals surface area contributed by atoms with Gasteiger partial charge in [-0.2, -0.15) is 0 Å². The van der Waals surface area contributed by atoms with E-state index in [0.717, 1.165) is 12.8 Å². The largest absolute Gasteiger partial charge is 0.508 e. The molecular weight excluding hydrogens is 416 g/mol. The molecule has 0 saturated heterocycles. The Morgan fingerprint density at radius 2 is 0.844 bits per heavy atom. The van der Waals surface area contributed by atoms with E-state index >= 15 is 0 Å². The number of hydrogen-bond acceptors (Lipinski definition) is 8. The van der Waals surface area contributed by atoms with Gasteiger partial charge in [0.1, 0.15) is 11.2 Å². The molecule has 0 radical (unpaired) electrons. The zero-order chi connectivity index (χ0) is 26.8. The first kappa shape index (κ1) is 37.8. The monoisotopic (exact) mass is 468 g/mol. The molecule has 0 saturated carbocycles. The van der Waals surface area contributed by atoms with Crippen molar-refractivity contribution in [1.82, 2.24) is 0 Å². The highest BCUT2D eigenvalue weighted by atomic mass is 16.7. The quantitative estimate of drug-likeness (QED) is 0.417. The molecule has 0 aromatic heterocycles. The summed E-state index contributed by atoms with van der Waals surface area (Å²) < 4.78 is 28.2. The summed E-state index contributed by atoms with van der Waals surface area (Å²) in [4.78, 5) is 20.9. The van der Waals surface area contributed by atoms with Gasteiger partial charge in [0.05, 0.1) is 25.4 Å². The maximum Gasteiger partial charge on any atom is 0.508 e. The lowest BCUT2D eigenvalue weighted by atomic mass is 10.1. The third-order valence-corrected chi connectivity index (χ3v) is 3.95. The van der Waals surface area contributed by atoms with E-state index in [2.05, 4.69) is 30.2 Å². The average molecular weight is 469 g/mol. The van der Waals surface area contributed by atoms with Crippen LogP contribution >= 0.6 is 0 Å². The first-order chi connectivity index (χ1) is 14.2. The van der Waals surface area contributed by atoms with Crippen molar-refractivity contribution in [2.75, 3.05) is 28.4 Å². The summed E-state index contributed by atoms with van der Waals surface area (Å²) in [5.41, 5.74) is -0.736. The van der Waals surface area contributed by atoms with Crippen LogP contribution in [-0.2, 0) is 28.4 Å². The molecule has 32 heavy (non-hydrogen) atoms. The van der Waals surface area contributed by atoms with Crippen molar-refractivity contribution in [3.8, 4) is 0 Å². The van der Waals surface area contributed by atoms with Crippen LogP contribution in [0.4, 0.5) is 9.59 Å². The fourth-order valence-electron chi connectivity index (χ4n) is 0.775. The van der Waals surface area contributed by atoms with Crippen LogP contribution < -0.4 is 0 Å². The van der Waals surface area contributed by atoms with E-state index in [9.17, 15) is 9.59 Å². The van der Waals surface area contributed by atoms with Gasteiger partial charge in [-0.05, 0) is 82.1 Å². The fraction of sp³-hybridized carbons (Fsp3) is 0.917. The van der Waals surface area contributed by atoms with Gasteiger partial charge in [0.15, 0.2) is 0 Å². The highest BCUT2D eigenvalue weighted by molar-refractivity contribution is 5.60. The van der Waals surface area contributed by atoms with Gasteiger partial charge in [-0.1, -0.05) is 13.8 Å². The number of rotatable bonds is 4. The number of carbonyl (C=O) groups excluding carboxylic acids is 2. The summed E-state index contributed by atoms with van der Waals surface area (Å²) >= 11 is 0. The molecule has 0 unspecified atom stereocenters. The summed E-state index contributed by atoms with van der Waals surface area (Å²) in [5, 5.41) is 0. The van der Waals surface area contributed by atoms with E-state index in [1.54, 1.807) is 35.0 Å². The molecule has 0 N–H and O–H groups in total. The first-order valence-corrected chi connectivity index (χ1v) is 10.8. The molecule has 8 heteroatoms. The Bertz CT molecular complexity index is 465. The summed E-state index contributed by atoms with van der Waals surface area (Å²) in [6, 6.07) is 0.